The van der Waals surface area contributed by atoms with Crippen molar-refractivity contribution in [1.82, 2.24) is 0 Å². The highest BCUT2D eigenvalue weighted by molar-refractivity contribution is 5.99. The molecule has 0 atom stereocenters. The van der Waals surface area contributed by atoms with Gasteiger partial charge in [0, 0.05) is 5.69 Å². The average molecular weight is 189 g/mol. The lowest BCUT2D eigenvalue weighted by Gasteiger charge is -2.08. The van der Waals surface area contributed by atoms with E-state index >= 15 is 0 Å². The number of benzene rings is 1. The molecule has 0 heterocycles. The molecule has 0 aromatic heterocycles. The molecule has 0 aliphatic rings. The minimum absolute atomic E-state index is 0.0822. The van der Waals surface area contributed by atoms with Gasteiger partial charge in [0.05, 0.1) is 0 Å². The van der Waals surface area contributed by atoms with E-state index in [1.807, 2.05) is 39.0 Å². The highest BCUT2D eigenvalue weighted by Gasteiger charge is 2.02. The van der Waals surface area contributed by atoms with E-state index in [0.29, 0.717) is 0 Å². The number of anilines is 1. The zero-order chi connectivity index (χ0) is 10.6. The predicted octanol–water partition coefficient (Wildman–Crippen LogP) is 2.82. The van der Waals surface area contributed by atoms with Gasteiger partial charge in [-0.25, -0.2) is 0 Å². The molecule has 1 aromatic carbocycles. The summed E-state index contributed by atoms with van der Waals surface area (Å²) in [4.78, 5) is 11.3. The standard InChI is InChI=1S/C12H15NO/c1-4-6-12(14)13-11-8-5-7-9(2)10(11)3/h4-8H,1-3H3,(H,13,14). The normalized spacial score (nSPS) is 10.5. The van der Waals surface area contributed by atoms with Crippen molar-refractivity contribution >= 4 is 11.6 Å². The molecule has 1 N–H and O–H groups in total. The van der Waals surface area contributed by atoms with Crippen LogP contribution in [0.3, 0.4) is 0 Å². The molecule has 0 fully saturated rings. The van der Waals surface area contributed by atoms with E-state index in [4.69, 9.17) is 0 Å². The second-order valence-corrected chi connectivity index (χ2v) is 3.24. The number of hydrogen-bond donors (Lipinski definition) is 1. The molecular formula is C12H15NO. The Hall–Kier alpha value is -1.57. The van der Waals surface area contributed by atoms with Gasteiger partial charge in [-0.05, 0) is 44.0 Å². The Bertz CT molecular complexity index is 367. The SMILES string of the molecule is CC=CC(=O)Nc1cccc(C)c1C. The maximum Gasteiger partial charge on any atom is 0.248 e. The molecule has 1 amide bonds. The number of carbonyl (C=O) groups is 1. The van der Waals surface area contributed by atoms with Gasteiger partial charge in [-0.1, -0.05) is 18.2 Å². The summed E-state index contributed by atoms with van der Waals surface area (Å²) in [5.41, 5.74) is 3.18. The van der Waals surface area contributed by atoms with Crippen molar-refractivity contribution in [2.45, 2.75) is 20.8 Å². The van der Waals surface area contributed by atoms with Crippen LogP contribution < -0.4 is 5.32 Å². The van der Waals surface area contributed by atoms with Crippen molar-refractivity contribution < 1.29 is 4.79 Å². The summed E-state index contributed by atoms with van der Waals surface area (Å²) < 4.78 is 0. The number of hydrogen-bond acceptors (Lipinski definition) is 1. The molecule has 2 heteroatoms. The Morgan fingerprint density at radius 2 is 2.07 bits per heavy atom. The van der Waals surface area contributed by atoms with Crippen LogP contribution in [0.1, 0.15) is 18.1 Å². The molecular weight excluding hydrogens is 174 g/mol. The van der Waals surface area contributed by atoms with Gasteiger partial charge < -0.3 is 5.32 Å². The topological polar surface area (TPSA) is 29.1 Å². The summed E-state index contributed by atoms with van der Waals surface area (Å²) >= 11 is 0. The van der Waals surface area contributed by atoms with Crippen molar-refractivity contribution in [3.05, 3.63) is 41.5 Å². The number of aryl methyl sites for hydroxylation is 1. The maximum absolute atomic E-state index is 11.3. The molecule has 14 heavy (non-hydrogen) atoms. The third kappa shape index (κ3) is 2.46. The van der Waals surface area contributed by atoms with E-state index in [-0.39, 0.29) is 5.91 Å². The van der Waals surface area contributed by atoms with Crippen LogP contribution in [0.15, 0.2) is 30.4 Å². The zero-order valence-electron chi connectivity index (χ0n) is 8.79. The first kappa shape index (κ1) is 10.5. The second-order valence-electron chi connectivity index (χ2n) is 3.24. The molecule has 0 aliphatic heterocycles. The largest absolute Gasteiger partial charge is 0.322 e. The summed E-state index contributed by atoms with van der Waals surface area (Å²) in [6, 6.07) is 5.87. The van der Waals surface area contributed by atoms with Gasteiger partial charge in [-0.15, -0.1) is 0 Å². The lowest BCUT2D eigenvalue weighted by molar-refractivity contribution is -0.111. The molecule has 2 nitrogen and oxygen atoms in total. The molecule has 0 spiro atoms. The second kappa shape index (κ2) is 4.61. The van der Waals surface area contributed by atoms with Crippen LogP contribution in [0.5, 0.6) is 0 Å². The molecule has 1 rings (SSSR count). The van der Waals surface area contributed by atoms with Crippen LogP contribution in [0, 0.1) is 13.8 Å². The van der Waals surface area contributed by atoms with Gasteiger partial charge in [0.2, 0.25) is 5.91 Å². The molecule has 74 valence electrons. The molecule has 0 unspecified atom stereocenters. The summed E-state index contributed by atoms with van der Waals surface area (Å²) in [6.07, 6.45) is 3.24. The Morgan fingerprint density at radius 1 is 1.36 bits per heavy atom. The van der Waals surface area contributed by atoms with E-state index in [2.05, 4.69) is 5.32 Å². The smallest absolute Gasteiger partial charge is 0.248 e. The minimum Gasteiger partial charge on any atom is -0.322 e. The van der Waals surface area contributed by atoms with Gasteiger partial charge in [-0.2, -0.15) is 0 Å². The van der Waals surface area contributed by atoms with Crippen LogP contribution in [-0.4, -0.2) is 5.91 Å². The van der Waals surface area contributed by atoms with Gasteiger partial charge in [-0.3, -0.25) is 4.79 Å². The Morgan fingerprint density at radius 3 is 2.71 bits per heavy atom. The van der Waals surface area contributed by atoms with Gasteiger partial charge in [0.15, 0.2) is 0 Å². The Labute approximate surface area is 84.6 Å². The average Bonchev–Trinajstić information content (AvgIpc) is 2.13. The lowest BCUT2D eigenvalue weighted by atomic mass is 10.1. The Balaban J connectivity index is 2.87. The summed E-state index contributed by atoms with van der Waals surface area (Å²) in [5.74, 6) is -0.0822. The fourth-order valence-electron chi connectivity index (χ4n) is 1.21. The van der Waals surface area contributed by atoms with Crippen LogP contribution in [-0.2, 0) is 4.79 Å². The van der Waals surface area contributed by atoms with E-state index in [1.165, 1.54) is 11.6 Å². The van der Waals surface area contributed by atoms with Crippen molar-refractivity contribution in [3.8, 4) is 0 Å². The molecule has 0 aliphatic carbocycles. The molecule has 0 saturated heterocycles. The zero-order valence-corrected chi connectivity index (χ0v) is 8.79. The molecule has 0 bridgehead atoms. The number of rotatable bonds is 2. The van der Waals surface area contributed by atoms with Crippen molar-refractivity contribution in [3.63, 3.8) is 0 Å². The van der Waals surface area contributed by atoms with Gasteiger partial charge >= 0.3 is 0 Å². The lowest BCUT2D eigenvalue weighted by Crippen LogP contribution is -2.09. The monoisotopic (exact) mass is 189 g/mol. The fourth-order valence-corrected chi connectivity index (χ4v) is 1.21. The summed E-state index contributed by atoms with van der Waals surface area (Å²) in [5, 5.41) is 2.83. The molecule has 0 saturated carbocycles. The first-order valence-electron chi connectivity index (χ1n) is 4.65. The number of allylic oxidation sites excluding steroid dienone is 1. The van der Waals surface area contributed by atoms with Crippen molar-refractivity contribution in [2.24, 2.45) is 0 Å². The van der Waals surface area contributed by atoms with Gasteiger partial charge in [0.25, 0.3) is 0 Å². The predicted molar refractivity (Wildman–Crippen MR) is 59.4 cm³/mol. The van der Waals surface area contributed by atoms with Gasteiger partial charge in [0.1, 0.15) is 0 Å². The summed E-state index contributed by atoms with van der Waals surface area (Å²) in [7, 11) is 0. The highest BCUT2D eigenvalue weighted by Crippen LogP contribution is 2.17. The van der Waals surface area contributed by atoms with Crippen LogP contribution in [0.25, 0.3) is 0 Å². The minimum atomic E-state index is -0.0822. The maximum atomic E-state index is 11.3. The van der Waals surface area contributed by atoms with Crippen molar-refractivity contribution in [2.75, 3.05) is 5.32 Å². The summed E-state index contributed by atoms with van der Waals surface area (Å²) in [6.45, 7) is 5.85. The van der Waals surface area contributed by atoms with Crippen LogP contribution in [0.4, 0.5) is 5.69 Å². The number of carbonyl (C=O) groups excluding carboxylic acids is 1. The van der Waals surface area contributed by atoms with E-state index < -0.39 is 0 Å². The quantitative estimate of drug-likeness (QED) is 0.712. The Kier molecular flexibility index (Phi) is 3.46. The number of amides is 1. The van der Waals surface area contributed by atoms with Crippen LogP contribution >= 0.6 is 0 Å². The van der Waals surface area contributed by atoms with Crippen molar-refractivity contribution in [1.29, 1.82) is 0 Å². The fraction of sp³-hybridized carbons (Fsp3) is 0.250. The molecule has 0 radical (unpaired) electrons. The molecule has 1 aromatic rings. The highest BCUT2D eigenvalue weighted by atomic mass is 16.1. The van der Waals surface area contributed by atoms with E-state index in [1.54, 1.807) is 6.08 Å². The first-order chi connectivity index (χ1) is 6.65. The third-order valence-corrected chi connectivity index (χ3v) is 2.18. The van der Waals surface area contributed by atoms with E-state index in [9.17, 15) is 4.79 Å². The number of nitrogens with one attached hydrogen (secondary N) is 1. The van der Waals surface area contributed by atoms with Crippen LogP contribution in [0.2, 0.25) is 0 Å². The first-order valence-corrected chi connectivity index (χ1v) is 4.65. The third-order valence-electron chi connectivity index (χ3n) is 2.18. The van der Waals surface area contributed by atoms with E-state index in [0.717, 1.165) is 11.3 Å².